The number of rotatable bonds is 9. The van der Waals surface area contributed by atoms with Gasteiger partial charge in [0, 0.05) is 6.54 Å². The normalized spacial score (nSPS) is 13.5. The zero-order valence-corrected chi connectivity index (χ0v) is 15.2. The van der Waals surface area contributed by atoms with E-state index in [1.165, 1.54) is 12.1 Å². The molecule has 4 N–H and O–H groups in total. The van der Waals surface area contributed by atoms with Crippen LogP contribution in [0.3, 0.4) is 0 Å². The summed E-state index contributed by atoms with van der Waals surface area (Å²) in [5.41, 5.74) is 4.84. The second-order valence-corrected chi connectivity index (χ2v) is 6.11. The molecule has 0 radical (unpaired) electrons. The highest BCUT2D eigenvalue weighted by Gasteiger charge is 2.30. The van der Waals surface area contributed by atoms with Gasteiger partial charge in [-0.05, 0) is 36.6 Å². The van der Waals surface area contributed by atoms with Gasteiger partial charge < -0.3 is 20.9 Å². The van der Waals surface area contributed by atoms with Crippen molar-refractivity contribution in [1.29, 1.82) is 0 Å². The maximum absolute atomic E-state index is 12.6. The van der Waals surface area contributed by atoms with E-state index >= 15 is 0 Å². The van der Waals surface area contributed by atoms with Crippen LogP contribution in [-0.2, 0) is 11.0 Å². The van der Waals surface area contributed by atoms with Crippen molar-refractivity contribution in [2.24, 2.45) is 5.73 Å². The molecule has 0 heterocycles. The molecule has 1 unspecified atom stereocenters. The first kappa shape index (κ1) is 23.8. The Kier molecular flexibility index (Phi) is 10.9. The van der Waals surface area contributed by atoms with E-state index in [1.807, 2.05) is 6.26 Å². The lowest BCUT2D eigenvalue weighted by Gasteiger charge is -2.16. The van der Waals surface area contributed by atoms with Gasteiger partial charge >= 0.3 is 6.18 Å². The highest BCUT2D eigenvalue weighted by Crippen LogP contribution is 2.31. The summed E-state index contributed by atoms with van der Waals surface area (Å²) in [6, 6.07) is 3.70. The molecule has 2 atom stereocenters. The molecule has 0 saturated carbocycles. The van der Waals surface area contributed by atoms with E-state index in [9.17, 15) is 23.1 Å². The molecule has 10 heteroatoms. The zero-order valence-electron chi connectivity index (χ0n) is 13.6. The Hall–Kier alpha value is -1.16. The van der Waals surface area contributed by atoms with E-state index in [-0.39, 0.29) is 37.2 Å². The topological polar surface area (TPSA) is 84.6 Å². The summed E-state index contributed by atoms with van der Waals surface area (Å²) in [6.07, 6.45) is -3.10. The molecule has 0 aliphatic rings. The van der Waals surface area contributed by atoms with Crippen LogP contribution in [0.15, 0.2) is 24.3 Å². The van der Waals surface area contributed by atoms with Crippen LogP contribution in [0.4, 0.5) is 13.2 Å². The summed E-state index contributed by atoms with van der Waals surface area (Å²) in [5.74, 6) is 0.351. The van der Waals surface area contributed by atoms with Crippen LogP contribution in [0.2, 0.25) is 0 Å². The van der Waals surface area contributed by atoms with E-state index in [1.54, 1.807) is 11.8 Å². The number of alkyl halides is 3. The van der Waals surface area contributed by atoms with Gasteiger partial charge in [0.25, 0.3) is 0 Å². The molecule has 0 bridgehead atoms. The summed E-state index contributed by atoms with van der Waals surface area (Å²) in [4.78, 5) is 11.7. The monoisotopic (exact) mass is 402 g/mol. The quantitative estimate of drug-likeness (QED) is 0.589. The molecule has 0 saturated heterocycles. The lowest BCUT2D eigenvalue weighted by molar-refractivity contribution is -0.137. The van der Waals surface area contributed by atoms with Crippen LogP contribution < -0.4 is 15.8 Å². The second kappa shape index (κ2) is 11.5. The first-order valence-corrected chi connectivity index (χ1v) is 8.63. The number of benzene rings is 1. The number of thioether (sulfide) groups is 1. The molecule has 1 aromatic carbocycles. The summed E-state index contributed by atoms with van der Waals surface area (Å²) in [7, 11) is 0. The van der Waals surface area contributed by atoms with Crippen molar-refractivity contribution < 1.29 is 27.8 Å². The third-order valence-electron chi connectivity index (χ3n) is 3.09. The molecule has 144 valence electrons. The number of aliphatic hydroxyl groups excluding tert-OH is 1. The van der Waals surface area contributed by atoms with Gasteiger partial charge in [-0.25, -0.2) is 0 Å². The number of hydrogen-bond donors (Lipinski definition) is 3. The average Bonchev–Trinajstić information content (AvgIpc) is 2.55. The fraction of sp³-hybridized carbons (Fsp3) is 0.533. The number of ether oxygens (including phenoxy) is 1. The standard InChI is InChI=1S/C15H21F3N2O3S.ClH/c1-24-6-5-13(19)14(22)20-8-11(21)9-23-12-4-2-3-10(7-12)15(16,17)18;/h2-4,7,11,13,21H,5-6,8-9,19H2,1H3,(H,20,22);1H/t11?,13-;/m0./s1. The van der Waals surface area contributed by atoms with Gasteiger partial charge in [0.1, 0.15) is 18.5 Å². The highest BCUT2D eigenvalue weighted by molar-refractivity contribution is 7.98. The van der Waals surface area contributed by atoms with Crippen LogP contribution in [0, 0.1) is 0 Å². The van der Waals surface area contributed by atoms with Crippen LogP contribution >= 0.6 is 24.2 Å². The number of nitrogens with two attached hydrogens (primary N) is 1. The smallest absolute Gasteiger partial charge is 0.416 e. The molecule has 0 spiro atoms. The molecule has 1 rings (SSSR count). The minimum absolute atomic E-state index is 0. The van der Waals surface area contributed by atoms with Crippen LogP contribution in [0.5, 0.6) is 5.75 Å². The molecule has 0 fully saturated rings. The molecule has 0 aromatic heterocycles. The van der Waals surface area contributed by atoms with Crippen LogP contribution in [0.25, 0.3) is 0 Å². The van der Waals surface area contributed by atoms with Gasteiger partial charge in [-0.3, -0.25) is 4.79 Å². The number of amides is 1. The average molecular weight is 403 g/mol. The molecular formula is C15H22ClF3N2O3S. The Bertz CT molecular complexity index is 535. The fourth-order valence-corrected chi connectivity index (χ4v) is 2.23. The third-order valence-corrected chi connectivity index (χ3v) is 3.73. The largest absolute Gasteiger partial charge is 0.491 e. The van der Waals surface area contributed by atoms with Gasteiger partial charge in [0.15, 0.2) is 0 Å². The van der Waals surface area contributed by atoms with E-state index < -0.39 is 23.9 Å². The predicted octanol–water partition coefficient (Wildman–Crippen LogP) is 2.06. The number of aliphatic hydroxyl groups is 1. The molecule has 0 aliphatic carbocycles. The van der Waals surface area contributed by atoms with Crippen LogP contribution in [-0.4, -0.2) is 48.3 Å². The van der Waals surface area contributed by atoms with E-state index in [4.69, 9.17) is 10.5 Å². The summed E-state index contributed by atoms with van der Waals surface area (Å²) in [6.45, 7) is -0.341. The van der Waals surface area contributed by atoms with Gasteiger partial charge in [-0.15, -0.1) is 12.4 Å². The van der Waals surface area contributed by atoms with E-state index in [0.29, 0.717) is 6.42 Å². The first-order valence-electron chi connectivity index (χ1n) is 7.24. The Morgan fingerprint density at radius 3 is 2.72 bits per heavy atom. The molecule has 1 aromatic rings. The van der Waals surface area contributed by atoms with Crippen molar-refractivity contribution in [3.63, 3.8) is 0 Å². The fourth-order valence-electron chi connectivity index (χ4n) is 1.74. The minimum Gasteiger partial charge on any atom is -0.491 e. The van der Waals surface area contributed by atoms with Gasteiger partial charge in [-0.1, -0.05) is 6.07 Å². The highest BCUT2D eigenvalue weighted by atomic mass is 35.5. The van der Waals surface area contributed by atoms with Crippen molar-refractivity contribution in [2.45, 2.75) is 24.7 Å². The maximum atomic E-state index is 12.6. The second-order valence-electron chi connectivity index (χ2n) is 5.12. The van der Waals surface area contributed by atoms with Crippen molar-refractivity contribution in [3.05, 3.63) is 29.8 Å². The number of nitrogens with one attached hydrogen (secondary N) is 1. The first-order chi connectivity index (χ1) is 11.2. The number of hydrogen-bond acceptors (Lipinski definition) is 5. The summed E-state index contributed by atoms with van der Waals surface area (Å²) >= 11 is 1.57. The SMILES string of the molecule is CSCC[C@H](N)C(=O)NCC(O)COc1cccc(C(F)(F)F)c1.Cl. The predicted molar refractivity (Wildman–Crippen MR) is 94.2 cm³/mol. The van der Waals surface area contributed by atoms with Gasteiger partial charge in [0.05, 0.1) is 11.6 Å². The van der Waals surface area contributed by atoms with Gasteiger partial charge in [-0.2, -0.15) is 24.9 Å². The third kappa shape index (κ3) is 9.20. The molecule has 25 heavy (non-hydrogen) atoms. The summed E-state index contributed by atoms with van der Waals surface area (Å²) in [5, 5.41) is 12.2. The lowest BCUT2D eigenvalue weighted by Crippen LogP contribution is -2.44. The van der Waals surface area contributed by atoms with Crippen molar-refractivity contribution in [3.8, 4) is 5.75 Å². The zero-order chi connectivity index (χ0) is 18.2. The summed E-state index contributed by atoms with van der Waals surface area (Å²) < 4.78 is 42.8. The van der Waals surface area contributed by atoms with E-state index in [0.717, 1.165) is 17.9 Å². The number of halogens is 4. The van der Waals surface area contributed by atoms with E-state index in [2.05, 4.69) is 5.32 Å². The lowest BCUT2D eigenvalue weighted by atomic mass is 10.2. The Labute approximate surface area is 154 Å². The Morgan fingerprint density at radius 2 is 2.12 bits per heavy atom. The van der Waals surface area contributed by atoms with Gasteiger partial charge in [0.2, 0.25) is 5.91 Å². The van der Waals surface area contributed by atoms with Crippen molar-refractivity contribution in [2.75, 3.05) is 25.2 Å². The molecular weight excluding hydrogens is 381 g/mol. The Morgan fingerprint density at radius 1 is 1.44 bits per heavy atom. The Balaban J connectivity index is 0.00000576. The van der Waals surface area contributed by atoms with Crippen molar-refractivity contribution >= 4 is 30.1 Å². The maximum Gasteiger partial charge on any atom is 0.416 e. The minimum atomic E-state index is -4.46. The van der Waals surface area contributed by atoms with Crippen LogP contribution in [0.1, 0.15) is 12.0 Å². The molecule has 5 nitrogen and oxygen atoms in total. The van der Waals surface area contributed by atoms with Crippen molar-refractivity contribution in [1.82, 2.24) is 5.32 Å². The number of carbonyl (C=O) groups is 1. The molecule has 1 amide bonds. The molecule has 0 aliphatic heterocycles. The number of carbonyl (C=O) groups excluding carboxylic acids is 1.